The number of carbonyl (C=O) groups is 2. The molecule has 3 aromatic rings. The fourth-order valence-corrected chi connectivity index (χ4v) is 5.00. The second-order valence-corrected chi connectivity index (χ2v) is 9.35. The molecule has 1 spiro atoms. The minimum absolute atomic E-state index is 0.135. The van der Waals surface area contributed by atoms with Gasteiger partial charge in [0.1, 0.15) is 11.4 Å². The van der Waals surface area contributed by atoms with Gasteiger partial charge in [-0.3, -0.25) is 9.69 Å². The predicted molar refractivity (Wildman–Crippen MR) is 127 cm³/mol. The molecule has 0 atom stereocenters. The Kier molecular flexibility index (Phi) is 6.15. The van der Waals surface area contributed by atoms with Crippen molar-refractivity contribution in [3.63, 3.8) is 0 Å². The van der Waals surface area contributed by atoms with Crippen LogP contribution >= 0.6 is 0 Å². The van der Waals surface area contributed by atoms with Crippen molar-refractivity contribution in [3.8, 4) is 11.6 Å². The van der Waals surface area contributed by atoms with Crippen LogP contribution in [0.2, 0.25) is 0 Å². The Morgan fingerprint density at radius 2 is 1.85 bits per heavy atom. The number of amides is 1. The summed E-state index contributed by atoms with van der Waals surface area (Å²) in [6.07, 6.45) is 6.42. The van der Waals surface area contributed by atoms with Crippen LogP contribution in [0.25, 0.3) is 0 Å². The van der Waals surface area contributed by atoms with E-state index in [1.54, 1.807) is 18.5 Å². The van der Waals surface area contributed by atoms with Crippen LogP contribution in [0.15, 0.2) is 60.9 Å². The molecule has 8 nitrogen and oxygen atoms in total. The molecule has 0 aliphatic carbocycles. The van der Waals surface area contributed by atoms with Crippen LogP contribution in [0.4, 0.5) is 4.79 Å². The molecule has 34 heavy (non-hydrogen) atoms. The van der Waals surface area contributed by atoms with Gasteiger partial charge in [-0.05, 0) is 61.1 Å². The Hall–Kier alpha value is -3.52. The topological polar surface area (TPSA) is 80.6 Å². The van der Waals surface area contributed by atoms with Crippen molar-refractivity contribution < 1.29 is 14.3 Å². The molecule has 2 fully saturated rings. The number of Topliss-reactive ketones (excluding diaryl/α,β-unsaturated/α-hetero) is 1. The molecular formula is C26H29N5O3. The number of carbonyl (C=O) groups excluding carboxylic acids is 2. The molecule has 0 bridgehead atoms. The van der Waals surface area contributed by atoms with Gasteiger partial charge >= 0.3 is 6.03 Å². The van der Waals surface area contributed by atoms with Gasteiger partial charge in [-0.2, -0.15) is 9.78 Å². The number of ether oxygens (including phenoxy) is 1. The van der Waals surface area contributed by atoms with Crippen molar-refractivity contribution in [2.75, 3.05) is 26.2 Å². The summed E-state index contributed by atoms with van der Waals surface area (Å²) in [6.45, 7) is 5.87. The Morgan fingerprint density at radius 1 is 1.03 bits per heavy atom. The maximum Gasteiger partial charge on any atom is 0.344 e. The van der Waals surface area contributed by atoms with Crippen LogP contribution in [-0.4, -0.2) is 62.6 Å². The fraction of sp³-hybridized carbons (Fsp3) is 0.385. The van der Waals surface area contributed by atoms with E-state index in [1.807, 2.05) is 35.2 Å². The zero-order valence-electron chi connectivity index (χ0n) is 19.4. The van der Waals surface area contributed by atoms with E-state index in [4.69, 9.17) is 4.74 Å². The van der Waals surface area contributed by atoms with Crippen LogP contribution in [-0.2, 0) is 6.54 Å². The first-order valence-corrected chi connectivity index (χ1v) is 11.8. The first-order chi connectivity index (χ1) is 16.5. The molecule has 2 aromatic heterocycles. The van der Waals surface area contributed by atoms with Crippen LogP contribution in [0.1, 0.15) is 42.2 Å². The maximum atomic E-state index is 12.8. The third-order valence-electron chi connectivity index (χ3n) is 6.92. The fourth-order valence-electron chi connectivity index (χ4n) is 5.00. The minimum atomic E-state index is -0.151. The summed E-state index contributed by atoms with van der Waals surface area (Å²) in [5.41, 5.74) is 1.80. The minimum Gasteiger partial charge on any atom is -0.439 e. The van der Waals surface area contributed by atoms with Crippen molar-refractivity contribution in [1.82, 2.24) is 24.6 Å². The van der Waals surface area contributed by atoms with Gasteiger partial charge in [0, 0.05) is 51.6 Å². The summed E-state index contributed by atoms with van der Waals surface area (Å²) in [6, 6.07) is 15.3. The predicted octanol–water partition coefficient (Wildman–Crippen LogP) is 4.23. The molecule has 2 saturated heterocycles. The SMILES string of the molecule is CC(=O)c1ccn(C(=O)N2CCC3(CCN(Cc4cccc(Oc5ccccn5)c4)C3)CC2)n1. The molecule has 2 aliphatic heterocycles. The maximum absolute atomic E-state index is 12.8. The summed E-state index contributed by atoms with van der Waals surface area (Å²) in [5, 5.41) is 4.12. The highest BCUT2D eigenvalue weighted by atomic mass is 16.5. The van der Waals surface area contributed by atoms with Crippen molar-refractivity contribution in [1.29, 1.82) is 0 Å². The third-order valence-corrected chi connectivity index (χ3v) is 6.92. The van der Waals surface area contributed by atoms with Crippen molar-refractivity contribution in [3.05, 3.63) is 72.2 Å². The highest BCUT2D eigenvalue weighted by molar-refractivity contribution is 5.92. The van der Waals surface area contributed by atoms with Gasteiger partial charge in [0.15, 0.2) is 5.78 Å². The average molecular weight is 460 g/mol. The molecule has 0 N–H and O–H groups in total. The number of pyridine rings is 1. The lowest BCUT2D eigenvalue weighted by molar-refractivity contribution is 0.101. The number of rotatable bonds is 5. The zero-order chi connectivity index (χ0) is 23.5. The molecule has 0 saturated carbocycles. The quantitative estimate of drug-likeness (QED) is 0.531. The molecule has 1 amide bonds. The molecule has 2 aliphatic rings. The molecule has 176 valence electrons. The van der Waals surface area contributed by atoms with Gasteiger partial charge < -0.3 is 9.64 Å². The van der Waals surface area contributed by atoms with E-state index in [2.05, 4.69) is 27.1 Å². The highest BCUT2D eigenvalue weighted by Crippen LogP contribution is 2.41. The number of hydrogen-bond donors (Lipinski definition) is 0. The van der Waals surface area contributed by atoms with E-state index in [0.717, 1.165) is 57.7 Å². The smallest absolute Gasteiger partial charge is 0.344 e. The zero-order valence-corrected chi connectivity index (χ0v) is 19.4. The lowest BCUT2D eigenvalue weighted by Gasteiger charge is -2.39. The van der Waals surface area contributed by atoms with Gasteiger partial charge in [0.2, 0.25) is 5.88 Å². The second-order valence-electron chi connectivity index (χ2n) is 9.35. The molecular weight excluding hydrogens is 430 g/mol. The summed E-state index contributed by atoms with van der Waals surface area (Å²) in [7, 11) is 0. The lowest BCUT2D eigenvalue weighted by Crippen LogP contribution is -2.45. The lowest BCUT2D eigenvalue weighted by atomic mass is 9.78. The molecule has 5 rings (SSSR count). The third kappa shape index (κ3) is 4.87. The summed E-state index contributed by atoms with van der Waals surface area (Å²) < 4.78 is 7.17. The molecule has 0 radical (unpaired) electrons. The van der Waals surface area contributed by atoms with E-state index in [9.17, 15) is 9.59 Å². The van der Waals surface area contributed by atoms with Gasteiger partial charge in [-0.1, -0.05) is 18.2 Å². The van der Waals surface area contributed by atoms with Gasteiger partial charge in [-0.15, -0.1) is 0 Å². The Labute approximate surface area is 199 Å². The van der Waals surface area contributed by atoms with Gasteiger partial charge in [0.25, 0.3) is 0 Å². The normalized spacial score (nSPS) is 17.7. The Bertz CT molecular complexity index is 1170. The van der Waals surface area contributed by atoms with Crippen LogP contribution in [0.3, 0.4) is 0 Å². The average Bonchev–Trinajstić information content (AvgIpc) is 3.48. The first kappa shape index (κ1) is 22.3. The standard InChI is InChI=1S/C26H29N5O3/c1-20(32)23-8-13-31(28-23)25(33)30-15-10-26(11-16-30)9-14-29(19-26)18-21-5-4-6-22(17-21)34-24-7-2-3-12-27-24/h2-8,12-13,17H,9-11,14-16,18-19H2,1H3. The number of hydrogen-bond acceptors (Lipinski definition) is 6. The van der Waals surface area contributed by atoms with E-state index in [-0.39, 0.29) is 17.2 Å². The largest absolute Gasteiger partial charge is 0.439 e. The van der Waals surface area contributed by atoms with Gasteiger partial charge in [-0.25, -0.2) is 9.78 Å². The van der Waals surface area contributed by atoms with Crippen molar-refractivity contribution in [2.24, 2.45) is 5.41 Å². The second kappa shape index (κ2) is 9.38. The van der Waals surface area contributed by atoms with E-state index in [1.165, 1.54) is 17.2 Å². The van der Waals surface area contributed by atoms with E-state index < -0.39 is 0 Å². The van der Waals surface area contributed by atoms with Crippen LogP contribution in [0.5, 0.6) is 11.6 Å². The summed E-state index contributed by atoms with van der Waals surface area (Å²) in [4.78, 5) is 32.9. The molecule has 0 unspecified atom stereocenters. The first-order valence-electron chi connectivity index (χ1n) is 11.8. The Balaban J connectivity index is 1.15. The number of likely N-dealkylation sites (tertiary alicyclic amines) is 2. The number of benzene rings is 1. The van der Waals surface area contributed by atoms with E-state index in [0.29, 0.717) is 11.6 Å². The number of ketones is 1. The van der Waals surface area contributed by atoms with Crippen LogP contribution in [0, 0.1) is 5.41 Å². The molecule has 4 heterocycles. The van der Waals surface area contributed by atoms with Crippen LogP contribution < -0.4 is 4.74 Å². The number of piperidine rings is 1. The summed E-state index contributed by atoms with van der Waals surface area (Å²) >= 11 is 0. The Morgan fingerprint density at radius 3 is 2.59 bits per heavy atom. The highest BCUT2D eigenvalue weighted by Gasteiger charge is 2.41. The molecule has 8 heteroatoms. The van der Waals surface area contributed by atoms with Crippen molar-refractivity contribution in [2.45, 2.75) is 32.7 Å². The van der Waals surface area contributed by atoms with Gasteiger partial charge in [0.05, 0.1) is 0 Å². The van der Waals surface area contributed by atoms with Crippen molar-refractivity contribution >= 4 is 11.8 Å². The monoisotopic (exact) mass is 459 g/mol. The summed E-state index contributed by atoms with van der Waals surface area (Å²) in [5.74, 6) is 1.25. The molecule has 1 aromatic carbocycles. The number of nitrogens with zero attached hydrogens (tertiary/aromatic N) is 5. The van der Waals surface area contributed by atoms with E-state index >= 15 is 0 Å². The number of aromatic nitrogens is 3.